The summed E-state index contributed by atoms with van der Waals surface area (Å²) in [6.45, 7) is 1.62. The number of para-hydroxylation sites is 2. The molecule has 7 heteroatoms. The molecule has 0 atom stereocenters. The van der Waals surface area contributed by atoms with E-state index in [-0.39, 0.29) is 29.0 Å². The van der Waals surface area contributed by atoms with Crippen LogP contribution in [0.25, 0.3) is 11.0 Å². The Kier molecular flexibility index (Phi) is 3.16. The van der Waals surface area contributed by atoms with Crippen molar-refractivity contribution in [3.8, 4) is 6.07 Å². The number of hydrogen-bond donors (Lipinski definition) is 2. The second-order valence-corrected chi connectivity index (χ2v) is 3.81. The van der Waals surface area contributed by atoms with Crippen LogP contribution in [0.3, 0.4) is 0 Å². The minimum Gasteiger partial charge on any atom is -0.427 e. The molecule has 96 valence electrons. The molecule has 0 aliphatic rings. The van der Waals surface area contributed by atoms with Gasteiger partial charge in [-0.3, -0.25) is 0 Å². The molecule has 19 heavy (non-hydrogen) atoms. The van der Waals surface area contributed by atoms with E-state index < -0.39 is 5.91 Å². The standard InChI is InChI=1S/C12H10N4O3/c1-2-11(17)14-12-10(7-13)15(18)8-5-3-4-6-9(8)16(12)19/h3-6,18H,2H2,1H3/p+1. The largest absolute Gasteiger partial charge is 0.427 e. The second-order valence-electron chi connectivity index (χ2n) is 3.81. The van der Waals surface area contributed by atoms with Crippen LogP contribution in [0, 0.1) is 16.2 Å². The van der Waals surface area contributed by atoms with Crippen molar-refractivity contribution < 1.29 is 14.4 Å². The molecule has 0 spiro atoms. The van der Waals surface area contributed by atoms with Gasteiger partial charge in [-0.15, -0.1) is 0 Å². The first-order chi connectivity index (χ1) is 9.10. The highest BCUT2D eigenvalue weighted by Crippen LogP contribution is 2.16. The highest BCUT2D eigenvalue weighted by molar-refractivity contribution is 5.90. The summed E-state index contributed by atoms with van der Waals surface area (Å²) < 4.78 is 1.02. The van der Waals surface area contributed by atoms with Crippen molar-refractivity contribution in [2.75, 3.05) is 5.32 Å². The molecule has 0 saturated heterocycles. The minimum absolute atomic E-state index is 0.149. The Morgan fingerprint density at radius 3 is 2.84 bits per heavy atom. The number of amides is 1. The summed E-state index contributed by atoms with van der Waals surface area (Å²) in [5.74, 6) is -0.702. The van der Waals surface area contributed by atoms with Crippen molar-refractivity contribution in [3.63, 3.8) is 0 Å². The second kappa shape index (κ2) is 4.78. The fourth-order valence-electron chi connectivity index (χ4n) is 1.68. The molecule has 0 aliphatic carbocycles. The lowest BCUT2D eigenvalue weighted by molar-refractivity contribution is -0.448. The van der Waals surface area contributed by atoms with Crippen LogP contribution in [0.5, 0.6) is 0 Å². The van der Waals surface area contributed by atoms with E-state index in [0.717, 1.165) is 0 Å². The summed E-state index contributed by atoms with van der Waals surface area (Å²) in [6.07, 6.45) is 0.156. The zero-order chi connectivity index (χ0) is 14.0. The molecular formula is C12H11N4O3+. The molecule has 1 aromatic heterocycles. The topological polar surface area (TPSA) is 101 Å². The first kappa shape index (κ1) is 12.6. The quantitative estimate of drug-likeness (QED) is 0.620. The average molecular weight is 259 g/mol. The van der Waals surface area contributed by atoms with Gasteiger partial charge in [0.1, 0.15) is 11.6 Å². The summed E-state index contributed by atoms with van der Waals surface area (Å²) in [4.78, 5) is 23.5. The van der Waals surface area contributed by atoms with Gasteiger partial charge >= 0.3 is 11.7 Å². The molecule has 0 aliphatic heterocycles. The average Bonchev–Trinajstić information content (AvgIpc) is 2.44. The molecule has 1 amide bonds. The van der Waals surface area contributed by atoms with Gasteiger partial charge in [-0.2, -0.15) is 9.99 Å². The lowest BCUT2D eigenvalue weighted by Gasteiger charge is -2.05. The molecule has 2 rings (SSSR count). The van der Waals surface area contributed by atoms with Crippen LogP contribution < -0.4 is 9.74 Å². The van der Waals surface area contributed by atoms with Gasteiger partial charge in [0.15, 0.2) is 0 Å². The number of nitrogens with one attached hydrogen (secondary N) is 1. The van der Waals surface area contributed by atoms with E-state index in [1.807, 2.05) is 0 Å². The van der Waals surface area contributed by atoms with Crippen LogP contribution in [0.1, 0.15) is 19.0 Å². The van der Waals surface area contributed by atoms with Crippen molar-refractivity contribution in [1.82, 2.24) is 4.73 Å². The minimum atomic E-state index is -0.420. The number of hydrogen-bond acceptors (Lipinski definition) is 4. The van der Waals surface area contributed by atoms with E-state index >= 15 is 0 Å². The number of carbonyl (C=O) groups excluding carboxylic acids is 1. The third-order valence-electron chi connectivity index (χ3n) is 2.65. The first-order valence-electron chi connectivity index (χ1n) is 5.59. The van der Waals surface area contributed by atoms with Crippen molar-refractivity contribution in [3.05, 3.63) is 34.9 Å². The van der Waals surface area contributed by atoms with E-state index in [1.54, 1.807) is 25.1 Å². The van der Waals surface area contributed by atoms with Crippen LogP contribution >= 0.6 is 0 Å². The Bertz CT molecular complexity index is 758. The maximum atomic E-state index is 12.1. The van der Waals surface area contributed by atoms with E-state index in [1.165, 1.54) is 12.1 Å². The molecule has 7 nitrogen and oxygen atoms in total. The number of carbonyl (C=O) groups is 1. The van der Waals surface area contributed by atoms with Crippen molar-refractivity contribution >= 4 is 22.8 Å². The molecule has 2 aromatic rings. The van der Waals surface area contributed by atoms with E-state index in [2.05, 4.69) is 5.32 Å². The van der Waals surface area contributed by atoms with Gasteiger partial charge in [0.2, 0.25) is 11.2 Å². The summed E-state index contributed by atoms with van der Waals surface area (Å²) >= 11 is 0. The number of fused-ring (bicyclic) bond motifs is 1. The fourth-order valence-corrected chi connectivity index (χ4v) is 1.68. The molecule has 0 bridgehead atoms. The Morgan fingerprint density at radius 2 is 2.21 bits per heavy atom. The zero-order valence-corrected chi connectivity index (χ0v) is 10.1. The third-order valence-corrected chi connectivity index (χ3v) is 2.65. The van der Waals surface area contributed by atoms with Crippen LogP contribution in [0.2, 0.25) is 0 Å². The summed E-state index contributed by atoms with van der Waals surface area (Å²) in [7, 11) is 0. The predicted octanol–water partition coefficient (Wildman–Crippen LogP) is 1.01. The maximum Gasteiger partial charge on any atom is 0.365 e. The normalized spacial score (nSPS) is 10.1. The van der Waals surface area contributed by atoms with E-state index in [0.29, 0.717) is 9.16 Å². The molecule has 0 radical (unpaired) electrons. The lowest BCUT2D eigenvalue weighted by atomic mass is 10.3. The highest BCUT2D eigenvalue weighted by Gasteiger charge is 2.25. The Morgan fingerprint density at radius 1 is 1.53 bits per heavy atom. The smallest absolute Gasteiger partial charge is 0.365 e. The number of benzene rings is 1. The number of rotatable bonds is 2. The van der Waals surface area contributed by atoms with Gasteiger partial charge in [-0.25, -0.2) is 10.1 Å². The number of nitrogens with zero attached hydrogens (tertiary/aromatic N) is 3. The molecule has 0 fully saturated rings. The molecule has 2 N–H and O–H groups in total. The summed E-state index contributed by atoms with van der Waals surface area (Å²) in [5.41, 5.74) is 0.00875. The summed E-state index contributed by atoms with van der Waals surface area (Å²) in [5, 5.41) is 21.3. The Hall–Kier alpha value is -2.88. The SMILES string of the molecule is CCC(=O)Nc1c(C#N)n(O)c2ccccc2[n+]1=O. The molecule has 0 saturated carbocycles. The van der Waals surface area contributed by atoms with Crippen LogP contribution in [0.15, 0.2) is 24.3 Å². The van der Waals surface area contributed by atoms with Crippen LogP contribution in [0.4, 0.5) is 5.82 Å². The van der Waals surface area contributed by atoms with Crippen molar-refractivity contribution in [1.29, 1.82) is 5.26 Å². The number of anilines is 1. The molecule has 1 heterocycles. The number of nitriles is 1. The van der Waals surface area contributed by atoms with Crippen molar-refractivity contribution in [2.45, 2.75) is 13.3 Å². The maximum absolute atomic E-state index is 12.1. The number of aromatic nitrogens is 2. The van der Waals surface area contributed by atoms with Gasteiger partial charge in [0, 0.05) is 10.8 Å². The van der Waals surface area contributed by atoms with Gasteiger partial charge in [-0.05, 0) is 12.1 Å². The Labute approximate surface area is 107 Å². The third kappa shape index (κ3) is 1.99. The predicted molar refractivity (Wildman–Crippen MR) is 66.1 cm³/mol. The van der Waals surface area contributed by atoms with E-state index in [9.17, 15) is 14.9 Å². The van der Waals surface area contributed by atoms with Gasteiger partial charge in [-0.1, -0.05) is 24.0 Å². The summed E-state index contributed by atoms with van der Waals surface area (Å²) in [6, 6.07) is 7.93. The molecular weight excluding hydrogens is 248 g/mol. The lowest BCUT2D eigenvalue weighted by Crippen LogP contribution is -2.29. The fraction of sp³-hybridized carbons (Fsp3) is 0.167. The van der Waals surface area contributed by atoms with Crippen LogP contribution in [-0.4, -0.2) is 15.8 Å². The zero-order valence-electron chi connectivity index (χ0n) is 10.1. The highest BCUT2D eigenvalue weighted by atomic mass is 16.5. The monoisotopic (exact) mass is 259 g/mol. The van der Waals surface area contributed by atoms with Gasteiger partial charge in [0.25, 0.3) is 0 Å². The van der Waals surface area contributed by atoms with E-state index in [4.69, 9.17) is 5.26 Å². The molecule has 0 unspecified atom stereocenters. The van der Waals surface area contributed by atoms with Gasteiger partial charge in [0.05, 0.1) is 0 Å². The molecule has 1 aromatic carbocycles. The van der Waals surface area contributed by atoms with Crippen molar-refractivity contribution in [2.24, 2.45) is 0 Å². The van der Waals surface area contributed by atoms with Crippen LogP contribution in [-0.2, 0) is 4.79 Å². The first-order valence-corrected chi connectivity index (χ1v) is 5.59. The van der Waals surface area contributed by atoms with Gasteiger partial charge < -0.3 is 5.21 Å². The Balaban J connectivity index is 2.83.